The third kappa shape index (κ3) is 2.38. The van der Waals surface area contributed by atoms with Gasteiger partial charge in [-0.25, -0.2) is 4.79 Å². The lowest BCUT2D eigenvalue weighted by Gasteiger charge is -2.26. The first-order valence-corrected chi connectivity index (χ1v) is 5.73. The summed E-state index contributed by atoms with van der Waals surface area (Å²) in [7, 11) is 0. The fourth-order valence-electron chi connectivity index (χ4n) is 1.83. The number of carbonyl (C=O) groups is 1. The molecule has 1 aliphatic rings. The molecule has 0 aliphatic carbocycles. The molecule has 1 aromatic heterocycles. The molecule has 4 heteroatoms. The van der Waals surface area contributed by atoms with Crippen molar-refractivity contribution >= 4 is 6.09 Å². The number of hydrogen-bond donors (Lipinski definition) is 1. The second kappa shape index (κ2) is 4.60. The Morgan fingerprint density at radius 1 is 1.62 bits per heavy atom. The van der Waals surface area contributed by atoms with Crippen LogP contribution in [0, 0.1) is 5.92 Å². The van der Waals surface area contributed by atoms with Crippen molar-refractivity contribution in [3.63, 3.8) is 0 Å². The molecule has 2 heterocycles. The Labute approximate surface area is 95.6 Å². The molecular weight excluding hydrogens is 204 g/mol. The molecule has 0 saturated heterocycles. The first-order chi connectivity index (χ1) is 7.66. The predicted octanol–water partition coefficient (Wildman–Crippen LogP) is 2.17. The molecule has 16 heavy (non-hydrogen) atoms. The van der Waals surface area contributed by atoms with Crippen molar-refractivity contribution in [2.75, 3.05) is 13.2 Å². The smallest absolute Gasteiger partial charge is 0.410 e. The van der Waals surface area contributed by atoms with Gasteiger partial charge in [-0.1, -0.05) is 13.8 Å². The van der Waals surface area contributed by atoms with Gasteiger partial charge in [0.15, 0.2) is 0 Å². The number of aromatic amines is 1. The van der Waals surface area contributed by atoms with E-state index < -0.39 is 0 Å². The second-order valence-electron chi connectivity index (χ2n) is 4.62. The number of H-pyrrole nitrogens is 1. The minimum absolute atomic E-state index is 0.194. The largest absolute Gasteiger partial charge is 0.449 e. The molecule has 0 aromatic carbocycles. The Hall–Kier alpha value is -1.45. The molecular formula is C12H18N2O2. The van der Waals surface area contributed by atoms with Crippen molar-refractivity contribution in [3.05, 3.63) is 23.5 Å². The molecule has 0 unspecified atom stereocenters. The highest BCUT2D eigenvalue weighted by Gasteiger charge is 2.22. The minimum Gasteiger partial charge on any atom is -0.449 e. The fraction of sp³-hybridized carbons (Fsp3) is 0.583. The molecule has 1 amide bonds. The lowest BCUT2D eigenvalue weighted by molar-refractivity contribution is 0.0878. The van der Waals surface area contributed by atoms with Crippen molar-refractivity contribution in [1.82, 2.24) is 9.88 Å². The minimum atomic E-state index is -0.194. The third-order valence-electron chi connectivity index (χ3n) is 2.72. The normalized spacial score (nSPS) is 15.1. The average Bonchev–Trinajstić information content (AvgIpc) is 2.72. The van der Waals surface area contributed by atoms with Gasteiger partial charge in [0, 0.05) is 24.9 Å². The van der Waals surface area contributed by atoms with Crippen LogP contribution in [0.3, 0.4) is 0 Å². The number of ether oxygens (including phenoxy) is 1. The molecule has 2 rings (SSSR count). The second-order valence-corrected chi connectivity index (χ2v) is 4.62. The van der Waals surface area contributed by atoms with Crippen LogP contribution in [0.2, 0.25) is 0 Å². The van der Waals surface area contributed by atoms with E-state index in [0.29, 0.717) is 19.1 Å². The van der Waals surface area contributed by atoms with Gasteiger partial charge in [-0.2, -0.15) is 0 Å². The summed E-state index contributed by atoms with van der Waals surface area (Å²) < 4.78 is 5.21. The molecule has 1 N–H and O–H groups in total. The molecule has 0 bridgehead atoms. The third-order valence-corrected chi connectivity index (χ3v) is 2.72. The van der Waals surface area contributed by atoms with Gasteiger partial charge < -0.3 is 14.6 Å². The highest BCUT2D eigenvalue weighted by atomic mass is 16.6. The Morgan fingerprint density at radius 3 is 3.19 bits per heavy atom. The maximum atomic E-state index is 11.7. The summed E-state index contributed by atoms with van der Waals surface area (Å²) in [5.74, 6) is 0.386. The predicted molar refractivity (Wildman–Crippen MR) is 61.1 cm³/mol. The molecule has 1 aliphatic heterocycles. The lowest BCUT2D eigenvalue weighted by atomic mass is 10.1. The van der Waals surface area contributed by atoms with E-state index in [0.717, 1.165) is 13.0 Å². The molecule has 4 nitrogen and oxygen atoms in total. The van der Waals surface area contributed by atoms with Crippen LogP contribution in [0.15, 0.2) is 12.3 Å². The number of aromatic nitrogens is 1. The van der Waals surface area contributed by atoms with E-state index in [1.165, 1.54) is 11.3 Å². The summed E-state index contributed by atoms with van der Waals surface area (Å²) >= 11 is 0. The highest BCUT2D eigenvalue weighted by molar-refractivity contribution is 5.68. The van der Waals surface area contributed by atoms with Crippen LogP contribution in [0.25, 0.3) is 0 Å². The van der Waals surface area contributed by atoms with Crippen molar-refractivity contribution in [1.29, 1.82) is 0 Å². The van der Waals surface area contributed by atoms with Crippen LogP contribution in [-0.4, -0.2) is 29.1 Å². The maximum absolute atomic E-state index is 11.7. The van der Waals surface area contributed by atoms with Crippen molar-refractivity contribution < 1.29 is 9.53 Å². The van der Waals surface area contributed by atoms with Crippen LogP contribution < -0.4 is 0 Å². The van der Waals surface area contributed by atoms with Crippen LogP contribution >= 0.6 is 0 Å². The topological polar surface area (TPSA) is 45.3 Å². The van der Waals surface area contributed by atoms with E-state index in [1.54, 1.807) is 4.90 Å². The number of nitrogens with one attached hydrogen (secondary N) is 1. The standard InChI is InChI=1S/C12H18N2O2/c1-9(2)8-16-12(15)14-6-4-11-10(7-14)3-5-13-11/h3,5,9,13H,4,6-8H2,1-2H3. The van der Waals surface area contributed by atoms with Crippen LogP contribution in [0.5, 0.6) is 0 Å². The zero-order valence-electron chi connectivity index (χ0n) is 9.82. The van der Waals surface area contributed by atoms with Crippen molar-refractivity contribution in [2.24, 2.45) is 5.92 Å². The van der Waals surface area contributed by atoms with Crippen LogP contribution in [-0.2, 0) is 17.7 Å². The van der Waals surface area contributed by atoms with E-state index in [2.05, 4.69) is 4.98 Å². The molecule has 88 valence electrons. The number of carbonyl (C=O) groups excluding carboxylic acids is 1. The Morgan fingerprint density at radius 2 is 2.44 bits per heavy atom. The van der Waals surface area contributed by atoms with Gasteiger partial charge in [0.1, 0.15) is 0 Å². The molecule has 0 spiro atoms. The Kier molecular flexibility index (Phi) is 3.17. The number of amides is 1. The van der Waals surface area contributed by atoms with Gasteiger partial charge in [-0.15, -0.1) is 0 Å². The molecule has 0 atom stereocenters. The summed E-state index contributed by atoms with van der Waals surface area (Å²) in [6, 6.07) is 2.03. The monoisotopic (exact) mass is 222 g/mol. The lowest BCUT2D eigenvalue weighted by Crippen LogP contribution is -2.36. The molecule has 0 fully saturated rings. The van der Waals surface area contributed by atoms with Crippen LogP contribution in [0.1, 0.15) is 25.1 Å². The summed E-state index contributed by atoms with van der Waals surface area (Å²) in [5, 5.41) is 0. The summed E-state index contributed by atoms with van der Waals surface area (Å²) in [5.41, 5.74) is 2.45. The van der Waals surface area contributed by atoms with E-state index in [4.69, 9.17) is 4.74 Å². The van der Waals surface area contributed by atoms with Gasteiger partial charge in [0.2, 0.25) is 0 Å². The zero-order chi connectivity index (χ0) is 11.5. The van der Waals surface area contributed by atoms with Gasteiger partial charge in [0.05, 0.1) is 13.2 Å². The summed E-state index contributed by atoms with van der Waals surface area (Å²) in [4.78, 5) is 16.7. The SMILES string of the molecule is CC(C)COC(=O)N1CCc2[nH]ccc2C1. The number of fused-ring (bicyclic) bond motifs is 1. The molecule has 0 radical (unpaired) electrons. The summed E-state index contributed by atoms with van der Waals surface area (Å²) in [6.07, 6.45) is 2.62. The van der Waals surface area contributed by atoms with Gasteiger partial charge >= 0.3 is 6.09 Å². The van der Waals surface area contributed by atoms with Gasteiger partial charge in [0.25, 0.3) is 0 Å². The van der Waals surface area contributed by atoms with Gasteiger partial charge in [-0.05, 0) is 17.5 Å². The van der Waals surface area contributed by atoms with E-state index in [-0.39, 0.29) is 6.09 Å². The van der Waals surface area contributed by atoms with Crippen LogP contribution in [0.4, 0.5) is 4.79 Å². The van der Waals surface area contributed by atoms with E-state index >= 15 is 0 Å². The van der Waals surface area contributed by atoms with E-state index in [1.807, 2.05) is 26.1 Å². The number of nitrogens with zero attached hydrogens (tertiary/aromatic N) is 1. The number of hydrogen-bond acceptors (Lipinski definition) is 2. The quantitative estimate of drug-likeness (QED) is 0.833. The summed E-state index contributed by atoms with van der Waals surface area (Å²) in [6.45, 7) is 5.97. The maximum Gasteiger partial charge on any atom is 0.410 e. The Bertz CT molecular complexity index is 371. The van der Waals surface area contributed by atoms with Crippen molar-refractivity contribution in [2.45, 2.75) is 26.8 Å². The molecule has 0 saturated carbocycles. The van der Waals surface area contributed by atoms with Gasteiger partial charge in [-0.3, -0.25) is 0 Å². The highest BCUT2D eigenvalue weighted by Crippen LogP contribution is 2.17. The first kappa shape index (κ1) is 11.0. The fourth-order valence-corrected chi connectivity index (χ4v) is 1.83. The zero-order valence-corrected chi connectivity index (χ0v) is 9.82. The average molecular weight is 222 g/mol. The molecule has 1 aromatic rings. The Balaban J connectivity index is 1.90. The van der Waals surface area contributed by atoms with Crippen molar-refractivity contribution in [3.8, 4) is 0 Å². The number of rotatable bonds is 2. The van der Waals surface area contributed by atoms with E-state index in [9.17, 15) is 4.79 Å². The first-order valence-electron chi connectivity index (χ1n) is 5.73.